The van der Waals surface area contributed by atoms with Gasteiger partial charge in [0.05, 0.1) is 0 Å². The molecule has 0 bridgehead atoms. The van der Waals surface area contributed by atoms with Gasteiger partial charge in [0.1, 0.15) is 0 Å². The molecule has 1 aromatic rings. The normalized spacial score (nSPS) is 23.8. The Labute approximate surface area is 73.0 Å². The first-order chi connectivity index (χ1) is 5.97. The molecular weight excluding hydrogens is 148 g/mol. The third-order valence-corrected chi connectivity index (χ3v) is 2.42. The molecule has 0 amide bonds. The fourth-order valence-corrected chi connectivity index (χ4v) is 1.73. The van der Waals surface area contributed by atoms with Crippen molar-refractivity contribution in [1.82, 2.24) is 10.3 Å². The summed E-state index contributed by atoms with van der Waals surface area (Å²) in [5.41, 5.74) is 1.38. The summed E-state index contributed by atoms with van der Waals surface area (Å²) in [7, 11) is 0. The SMILES string of the molecule is c1cc([C@@H]2CCCCN2)ccn1. The molecule has 1 aliphatic heterocycles. The van der Waals surface area contributed by atoms with Crippen LogP contribution in [0, 0.1) is 0 Å². The molecule has 0 radical (unpaired) electrons. The smallest absolute Gasteiger partial charge is 0.0321 e. The molecule has 0 aliphatic carbocycles. The molecule has 1 aromatic heterocycles. The summed E-state index contributed by atoms with van der Waals surface area (Å²) in [6.07, 6.45) is 7.67. The molecular formula is C10H14N2. The topological polar surface area (TPSA) is 24.9 Å². The minimum Gasteiger partial charge on any atom is -0.310 e. The second kappa shape index (κ2) is 3.68. The Morgan fingerprint density at radius 3 is 2.75 bits per heavy atom. The third-order valence-electron chi connectivity index (χ3n) is 2.42. The fourth-order valence-electron chi connectivity index (χ4n) is 1.73. The Morgan fingerprint density at radius 2 is 2.08 bits per heavy atom. The van der Waals surface area contributed by atoms with E-state index in [1.165, 1.54) is 24.8 Å². The zero-order valence-corrected chi connectivity index (χ0v) is 7.16. The van der Waals surface area contributed by atoms with Gasteiger partial charge in [0.15, 0.2) is 0 Å². The predicted octanol–water partition coefficient (Wildman–Crippen LogP) is 1.90. The van der Waals surface area contributed by atoms with Crippen molar-refractivity contribution in [3.63, 3.8) is 0 Å². The molecule has 2 nitrogen and oxygen atoms in total. The lowest BCUT2D eigenvalue weighted by atomic mass is 9.99. The first-order valence-electron chi connectivity index (χ1n) is 4.60. The first kappa shape index (κ1) is 7.74. The van der Waals surface area contributed by atoms with Gasteiger partial charge in [-0.2, -0.15) is 0 Å². The summed E-state index contributed by atoms with van der Waals surface area (Å²) >= 11 is 0. The zero-order chi connectivity index (χ0) is 8.23. The van der Waals surface area contributed by atoms with Gasteiger partial charge in [0.2, 0.25) is 0 Å². The van der Waals surface area contributed by atoms with Gasteiger partial charge in [-0.15, -0.1) is 0 Å². The van der Waals surface area contributed by atoms with Gasteiger partial charge in [-0.3, -0.25) is 4.98 Å². The molecule has 1 aliphatic rings. The van der Waals surface area contributed by atoms with Crippen molar-refractivity contribution in [2.75, 3.05) is 6.54 Å². The Hall–Kier alpha value is -0.890. The van der Waals surface area contributed by atoms with Gasteiger partial charge in [0.25, 0.3) is 0 Å². The Morgan fingerprint density at radius 1 is 1.25 bits per heavy atom. The van der Waals surface area contributed by atoms with Crippen molar-refractivity contribution < 1.29 is 0 Å². The van der Waals surface area contributed by atoms with Crippen LogP contribution in [0.25, 0.3) is 0 Å². The molecule has 2 heteroatoms. The van der Waals surface area contributed by atoms with E-state index in [4.69, 9.17) is 0 Å². The molecule has 12 heavy (non-hydrogen) atoms. The van der Waals surface area contributed by atoms with Gasteiger partial charge in [-0.05, 0) is 37.1 Å². The van der Waals surface area contributed by atoms with Crippen LogP contribution in [-0.4, -0.2) is 11.5 Å². The molecule has 64 valence electrons. The molecule has 1 N–H and O–H groups in total. The first-order valence-corrected chi connectivity index (χ1v) is 4.60. The molecule has 1 atom stereocenters. The summed E-state index contributed by atoms with van der Waals surface area (Å²) in [4.78, 5) is 4.01. The van der Waals surface area contributed by atoms with Crippen molar-refractivity contribution in [2.24, 2.45) is 0 Å². The third kappa shape index (κ3) is 1.64. The zero-order valence-electron chi connectivity index (χ0n) is 7.16. The van der Waals surface area contributed by atoms with Crippen molar-refractivity contribution in [3.8, 4) is 0 Å². The van der Waals surface area contributed by atoms with Crippen LogP contribution in [0.1, 0.15) is 30.9 Å². The van der Waals surface area contributed by atoms with Crippen molar-refractivity contribution in [2.45, 2.75) is 25.3 Å². The lowest BCUT2D eigenvalue weighted by Gasteiger charge is -2.23. The highest BCUT2D eigenvalue weighted by atomic mass is 14.9. The van der Waals surface area contributed by atoms with Gasteiger partial charge in [-0.1, -0.05) is 6.42 Å². The number of aromatic nitrogens is 1. The van der Waals surface area contributed by atoms with E-state index in [2.05, 4.69) is 22.4 Å². The van der Waals surface area contributed by atoms with Crippen LogP contribution in [-0.2, 0) is 0 Å². The number of piperidine rings is 1. The molecule has 0 unspecified atom stereocenters. The molecule has 2 heterocycles. The highest BCUT2D eigenvalue weighted by molar-refractivity contribution is 5.15. The Balaban J connectivity index is 2.08. The monoisotopic (exact) mass is 162 g/mol. The van der Waals surface area contributed by atoms with Gasteiger partial charge < -0.3 is 5.32 Å². The number of nitrogens with one attached hydrogen (secondary N) is 1. The lowest BCUT2D eigenvalue weighted by Crippen LogP contribution is -2.26. The maximum atomic E-state index is 4.01. The van der Waals surface area contributed by atoms with E-state index in [0.29, 0.717) is 6.04 Å². The number of nitrogens with zero attached hydrogens (tertiary/aromatic N) is 1. The van der Waals surface area contributed by atoms with E-state index < -0.39 is 0 Å². The number of pyridine rings is 1. The number of hydrogen-bond donors (Lipinski definition) is 1. The van der Waals surface area contributed by atoms with Crippen LogP contribution in [0.15, 0.2) is 24.5 Å². The number of hydrogen-bond acceptors (Lipinski definition) is 2. The van der Waals surface area contributed by atoms with Crippen molar-refractivity contribution in [3.05, 3.63) is 30.1 Å². The van der Waals surface area contributed by atoms with Gasteiger partial charge in [0, 0.05) is 18.4 Å². The predicted molar refractivity (Wildman–Crippen MR) is 48.8 cm³/mol. The van der Waals surface area contributed by atoms with Crippen LogP contribution in [0.5, 0.6) is 0 Å². The summed E-state index contributed by atoms with van der Waals surface area (Å²) < 4.78 is 0. The minimum atomic E-state index is 0.571. The summed E-state index contributed by atoms with van der Waals surface area (Å²) in [5, 5.41) is 3.51. The quantitative estimate of drug-likeness (QED) is 0.682. The highest BCUT2D eigenvalue weighted by Crippen LogP contribution is 2.21. The van der Waals surface area contributed by atoms with E-state index in [1.54, 1.807) is 0 Å². The van der Waals surface area contributed by atoms with Crippen molar-refractivity contribution in [1.29, 1.82) is 0 Å². The molecule has 1 saturated heterocycles. The van der Waals surface area contributed by atoms with E-state index in [0.717, 1.165) is 6.54 Å². The number of rotatable bonds is 1. The largest absolute Gasteiger partial charge is 0.310 e. The summed E-state index contributed by atoms with van der Waals surface area (Å²) in [6, 6.07) is 4.77. The molecule has 0 aromatic carbocycles. The van der Waals surface area contributed by atoms with Crippen molar-refractivity contribution >= 4 is 0 Å². The van der Waals surface area contributed by atoms with Crippen LogP contribution < -0.4 is 5.32 Å². The van der Waals surface area contributed by atoms with Gasteiger partial charge >= 0.3 is 0 Å². The Bertz CT molecular complexity index is 227. The maximum Gasteiger partial charge on any atom is 0.0321 e. The summed E-state index contributed by atoms with van der Waals surface area (Å²) in [6.45, 7) is 1.16. The summed E-state index contributed by atoms with van der Waals surface area (Å²) in [5.74, 6) is 0. The molecule has 0 saturated carbocycles. The van der Waals surface area contributed by atoms with E-state index in [-0.39, 0.29) is 0 Å². The highest BCUT2D eigenvalue weighted by Gasteiger charge is 2.13. The second-order valence-electron chi connectivity index (χ2n) is 3.28. The average Bonchev–Trinajstić information content (AvgIpc) is 2.21. The average molecular weight is 162 g/mol. The second-order valence-corrected chi connectivity index (χ2v) is 3.28. The standard InChI is InChI=1S/C10H14N2/c1-2-6-12-10(3-1)9-4-7-11-8-5-9/h4-5,7-8,10,12H,1-3,6H2/t10-/m0/s1. The van der Waals surface area contributed by atoms with Crippen LogP contribution in [0.3, 0.4) is 0 Å². The molecule has 0 spiro atoms. The minimum absolute atomic E-state index is 0.571. The molecule has 2 rings (SSSR count). The van der Waals surface area contributed by atoms with E-state index in [9.17, 15) is 0 Å². The van der Waals surface area contributed by atoms with Crippen LogP contribution in [0.4, 0.5) is 0 Å². The van der Waals surface area contributed by atoms with Gasteiger partial charge in [-0.25, -0.2) is 0 Å². The Kier molecular flexibility index (Phi) is 2.37. The lowest BCUT2D eigenvalue weighted by molar-refractivity contribution is 0.412. The van der Waals surface area contributed by atoms with Crippen LogP contribution in [0.2, 0.25) is 0 Å². The van der Waals surface area contributed by atoms with E-state index in [1.807, 2.05) is 12.4 Å². The van der Waals surface area contributed by atoms with E-state index >= 15 is 0 Å². The molecule has 1 fully saturated rings. The fraction of sp³-hybridized carbons (Fsp3) is 0.500. The maximum absolute atomic E-state index is 4.01. The van der Waals surface area contributed by atoms with Crippen LogP contribution >= 0.6 is 0 Å².